The summed E-state index contributed by atoms with van der Waals surface area (Å²) in [4.78, 5) is 11.0. The summed E-state index contributed by atoms with van der Waals surface area (Å²) >= 11 is 0. The summed E-state index contributed by atoms with van der Waals surface area (Å²) < 4.78 is 11.2. The first-order chi connectivity index (χ1) is 9.08. The summed E-state index contributed by atoms with van der Waals surface area (Å²) in [5.74, 6) is 1.31. The van der Waals surface area contributed by atoms with E-state index >= 15 is 0 Å². The van der Waals surface area contributed by atoms with Gasteiger partial charge in [-0.1, -0.05) is 0 Å². The van der Waals surface area contributed by atoms with Gasteiger partial charge in [0, 0.05) is 31.4 Å². The summed E-state index contributed by atoms with van der Waals surface area (Å²) in [6.07, 6.45) is 0.149. The summed E-state index contributed by atoms with van der Waals surface area (Å²) in [6.45, 7) is 8.57. The zero-order chi connectivity index (χ0) is 13.8. The molecule has 1 aromatic rings. The molecule has 1 saturated heterocycles. The second-order valence-corrected chi connectivity index (χ2v) is 4.99. The van der Waals surface area contributed by atoms with Crippen molar-refractivity contribution in [2.24, 2.45) is 5.73 Å². The first kappa shape index (κ1) is 14.0. The van der Waals surface area contributed by atoms with Gasteiger partial charge in [0.15, 0.2) is 0 Å². The lowest BCUT2D eigenvalue weighted by atomic mass is 10.3. The highest BCUT2D eigenvalue weighted by Gasteiger charge is 2.22. The Morgan fingerprint density at radius 3 is 3.00 bits per heavy atom. The predicted octanol–water partition coefficient (Wildman–Crippen LogP) is 0.736. The molecule has 2 N–H and O–H groups in total. The van der Waals surface area contributed by atoms with E-state index in [1.165, 1.54) is 0 Å². The fraction of sp³-hybridized carbons (Fsp3) is 0.692. The van der Waals surface area contributed by atoms with Gasteiger partial charge in [-0.15, -0.1) is 0 Å². The quantitative estimate of drug-likeness (QED) is 0.866. The molecule has 0 spiro atoms. The van der Waals surface area contributed by atoms with E-state index in [1.807, 2.05) is 26.8 Å². The molecule has 1 aliphatic rings. The first-order valence-corrected chi connectivity index (χ1v) is 6.67. The van der Waals surface area contributed by atoms with Crippen molar-refractivity contribution in [3.8, 4) is 5.88 Å². The van der Waals surface area contributed by atoms with E-state index in [-0.39, 0.29) is 12.2 Å². The minimum Gasteiger partial charge on any atom is -0.475 e. The number of nitrogens with two attached hydrogens (primary N) is 1. The van der Waals surface area contributed by atoms with E-state index in [1.54, 1.807) is 0 Å². The van der Waals surface area contributed by atoms with Crippen molar-refractivity contribution in [3.63, 3.8) is 0 Å². The number of hydrogen-bond acceptors (Lipinski definition) is 6. The topological polar surface area (TPSA) is 73.5 Å². The summed E-state index contributed by atoms with van der Waals surface area (Å²) in [5, 5.41) is 0. The van der Waals surface area contributed by atoms with Crippen LogP contribution in [0, 0.1) is 6.92 Å². The van der Waals surface area contributed by atoms with Crippen molar-refractivity contribution in [3.05, 3.63) is 11.8 Å². The maximum Gasteiger partial charge on any atom is 0.229 e. The number of rotatable bonds is 4. The van der Waals surface area contributed by atoms with Crippen LogP contribution >= 0.6 is 0 Å². The lowest BCUT2D eigenvalue weighted by Crippen LogP contribution is -2.46. The normalized spacial score (nSPS) is 19.8. The van der Waals surface area contributed by atoms with Crippen LogP contribution in [0.25, 0.3) is 0 Å². The molecule has 1 atom stereocenters. The molecule has 0 amide bonds. The smallest absolute Gasteiger partial charge is 0.229 e. The Kier molecular flexibility index (Phi) is 4.55. The predicted molar refractivity (Wildman–Crippen MR) is 73.5 cm³/mol. The van der Waals surface area contributed by atoms with Crippen LogP contribution in [0.15, 0.2) is 6.07 Å². The average Bonchev–Trinajstić information content (AvgIpc) is 2.37. The van der Waals surface area contributed by atoms with Crippen LogP contribution in [0.5, 0.6) is 5.88 Å². The van der Waals surface area contributed by atoms with Crippen molar-refractivity contribution in [2.75, 3.05) is 31.1 Å². The molecule has 6 nitrogen and oxygen atoms in total. The number of anilines is 1. The van der Waals surface area contributed by atoms with Gasteiger partial charge in [-0.3, -0.25) is 0 Å². The molecular formula is C13H22N4O2. The highest BCUT2D eigenvalue weighted by Crippen LogP contribution is 2.18. The van der Waals surface area contributed by atoms with Gasteiger partial charge >= 0.3 is 0 Å². The molecule has 1 aromatic heterocycles. The van der Waals surface area contributed by atoms with Crippen LogP contribution in [0.2, 0.25) is 0 Å². The Hall–Kier alpha value is -1.40. The number of hydrogen-bond donors (Lipinski definition) is 1. The van der Waals surface area contributed by atoms with Gasteiger partial charge in [0.05, 0.1) is 18.8 Å². The van der Waals surface area contributed by atoms with Gasteiger partial charge < -0.3 is 20.1 Å². The molecule has 0 aromatic carbocycles. The van der Waals surface area contributed by atoms with E-state index in [0.29, 0.717) is 25.0 Å². The van der Waals surface area contributed by atoms with Crippen molar-refractivity contribution in [1.29, 1.82) is 0 Å². The lowest BCUT2D eigenvalue weighted by molar-refractivity contribution is 0.0459. The van der Waals surface area contributed by atoms with Crippen molar-refractivity contribution in [2.45, 2.75) is 33.0 Å². The monoisotopic (exact) mass is 266 g/mol. The zero-order valence-corrected chi connectivity index (χ0v) is 11.8. The number of nitrogens with zero attached hydrogens (tertiary/aromatic N) is 3. The molecule has 19 heavy (non-hydrogen) atoms. The van der Waals surface area contributed by atoms with Crippen molar-refractivity contribution >= 4 is 5.95 Å². The number of aryl methyl sites for hydroxylation is 1. The summed E-state index contributed by atoms with van der Waals surface area (Å²) in [5.41, 5.74) is 6.55. The fourth-order valence-corrected chi connectivity index (χ4v) is 2.01. The molecule has 0 saturated carbocycles. The van der Waals surface area contributed by atoms with Gasteiger partial charge in [-0.25, -0.2) is 4.98 Å². The first-order valence-electron chi connectivity index (χ1n) is 6.67. The highest BCUT2D eigenvalue weighted by atomic mass is 16.5. The lowest BCUT2D eigenvalue weighted by Gasteiger charge is -2.32. The third-order valence-electron chi connectivity index (χ3n) is 2.86. The fourth-order valence-electron chi connectivity index (χ4n) is 2.01. The zero-order valence-electron chi connectivity index (χ0n) is 11.8. The Bertz CT molecular complexity index is 425. The molecule has 106 valence electrons. The molecule has 1 unspecified atom stereocenters. The molecule has 2 rings (SSSR count). The van der Waals surface area contributed by atoms with Gasteiger partial charge in [0.1, 0.15) is 0 Å². The number of morpholine rings is 1. The number of aromatic nitrogens is 2. The van der Waals surface area contributed by atoms with Gasteiger partial charge in [-0.2, -0.15) is 4.98 Å². The molecular weight excluding hydrogens is 244 g/mol. The minimum atomic E-state index is 0.0485. The maximum absolute atomic E-state index is 5.65. The Morgan fingerprint density at radius 1 is 1.53 bits per heavy atom. The van der Waals surface area contributed by atoms with Crippen LogP contribution in [-0.4, -0.2) is 48.4 Å². The highest BCUT2D eigenvalue weighted by molar-refractivity contribution is 5.35. The Balaban J connectivity index is 2.16. The van der Waals surface area contributed by atoms with Crippen LogP contribution < -0.4 is 15.4 Å². The van der Waals surface area contributed by atoms with Crippen LogP contribution in [0.3, 0.4) is 0 Å². The van der Waals surface area contributed by atoms with E-state index in [4.69, 9.17) is 15.2 Å². The van der Waals surface area contributed by atoms with E-state index in [2.05, 4.69) is 14.9 Å². The van der Waals surface area contributed by atoms with Gasteiger partial charge in [0.2, 0.25) is 11.8 Å². The second kappa shape index (κ2) is 6.16. The van der Waals surface area contributed by atoms with Gasteiger partial charge in [0.25, 0.3) is 0 Å². The van der Waals surface area contributed by atoms with Crippen molar-refractivity contribution < 1.29 is 9.47 Å². The molecule has 6 heteroatoms. The van der Waals surface area contributed by atoms with E-state index in [9.17, 15) is 0 Å². The van der Waals surface area contributed by atoms with E-state index < -0.39 is 0 Å². The van der Waals surface area contributed by atoms with Crippen LogP contribution in [0.1, 0.15) is 19.5 Å². The van der Waals surface area contributed by atoms with E-state index in [0.717, 1.165) is 18.8 Å². The third kappa shape index (κ3) is 3.78. The molecule has 0 bridgehead atoms. The Labute approximate surface area is 113 Å². The number of ether oxygens (including phenoxy) is 2. The molecule has 0 radical (unpaired) electrons. The van der Waals surface area contributed by atoms with Crippen LogP contribution in [-0.2, 0) is 4.74 Å². The van der Waals surface area contributed by atoms with Crippen molar-refractivity contribution in [1.82, 2.24) is 9.97 Å². The molecule has 1 fully saturated rings. The second-order valence-electron chi connectivity index (χ2n) is 4.99. The third-order valence-corrected chi connectivity index (χ3v) is 2.86. The van der Waals surface area contributed by atoms with Crippen LogP contribution in [0.4, 0.5) is 5.95 Å². The Morgan fingerprint density at radius 2 is 2.32 bits per heavy atom. The SMILES string of the molecule is Cc1cc(OC(C)C)nc(N2CCOC(CN)C2)n1. The average molecular weight is 266 g/mol. The minimum absolute atomic E-state index is 0.0485. The maximum atomic E-state index is 5.65. The molecule has 2 heterocycles. The summed E-state index contributed by atoms with van der Waals surface area (Å²) in [6, 6.07) is 1.85. The largest absolute Gasteiger partial charge is 0.475 e. The molecule has 0 aliphatic carbocycles. The standard InChI is InChI=1S/C13H22N4O2/c1-9(2)19-12-6-10(3)15-13(16-12)17-4-5-18-11(7-14)8-17/h6,9,11H,4-5,7-8,14H2,1-3H3. The van der Waals surface area contributed by atoms with Gasteiger partial charge in [-0.05, 0) is 20.8 Å². The molecule has 1 aliphatic heterocycles. The summed E-state index contributed by atoms with van der Waals surface area (Å²) in [7, 11) is 0.